The summed E-state index contributed by atoms with van der Waals surface area (Å²) < 4.78 is 7.14. The summed E-state index contributed by atoms with van der Waals surface area (Å²) in [4.78, 5) is 56.7. The highest BCUT2D eigenvalue weighted by atomic mass is 16.5. The molecule has 9 nitrogen and oxygen atoms in total. The fourth-order valence-electron chi connectivity index (χ4n) is 6.44. The first-order chi connectivity index (χ1) is 18.9. The summed E-state index contributed by atoms with van der Waals surface area (Å²) in [5, 5.41) is 2.49. The molecule has 3 atom stereocenters. The van der Waals surface area contributed by atoms with E-state index in [0.717, 1.165) is 22.6 Å². The molecule has 2 fully saturated rings. The van der Waals surface area contributed by atoms with E-state index < -0.39 is 23.3 Å². The van der Waals surface area contributed by atoms with Crippen LogP contribution in [0.3, 0.4) is 0 Å². The van der Waals surface area contributed by atoms with Crippen molar-refractivity contribution >= 4 is 23.5 Å². The summed E-state index contributed by atoms with van der Waals surface area (Å²) in [5.74, 6) is -0.106. The van der Waals surface area contributed by atoms with E-state index in [1.807, 2.05) is 22.8 Å². The number of rotatable bonds is 6. The smallest absolute Gasteiger partial charge is 0.335 e. The quantitative estimate of drug-likeness (QED) is 0.496. The monoisotopic (exact) mass is 526 g/mol. The molecule has 3 aliphatic rings. The molecule has 0 spiro atoms. The summed E-state index contributed by atoms with van der Waals surface area (Å²) in [6.07, 6.45) is 1.08. The maximum atomic E-state index is 14.3. The van der Waals surface area contributed by atoms with Crippen LogP contribution in [0.5, 0.6) is 5.75 Å². The summed E-state index contributed by atoms with van der Waals surface area (Å²) in [5.41, 5.74) is 0.671. The van der Waals surface area contributed by atoms with Crippen LogP contribution in [0.4, 0.5) is 10.5 Å². The number of fused-ring (bicyclic) bond motifs is 4. The summed E-state index contributed by atoms with van der Waals surface area (Å²) >= 11 is 0. The minimum atomic E-state index is -1.53. The summed E-state index contributed by atoms with van der Waals surface area (Å²) in [7, 11) is 1.58. The molecule has 0 saturated carbocycles. The first kappa shape index (κ1) is 25.1. The highest BCUT2D eigenvalue weighted by molar-refractivity contribution is 6.30. The lowest BCUT2D eigenvalue weighted by Gasteiger charge is -2.47. The number of anilines is 1. The molecule has 1 N–H and O–H groups in total. The van der Waals surface area contributed by atoms with E-state index in [9.17, 15) is 19.2 Å². The number of methoxy groups -OCH3 is 1. The molecule has 1 aromatic heterocycles. The van der Waals surface area contributed by atoms with E-state index >= 15 is 0 Å². The number of barbiturate groups is 1. The van der Waals surface area contributed by atoms with Crippen molar-refractivity contribution < 1.29 is 19.1 Å². The zero-order chi connectivity index (χ0) is 27.1. The number of imide groups is 2. The van der Waals surface area contributed by atoms with Crippen molar-refractivity contribution in [1.29, 1.82) is 0 Å². The molecule has 6 rings (SSSR count). The van der Waals surface area contributed by atoms with E-state index in [0.29, 0.717) is 31.1 Å². The van der Waals surface area contributed by atoms with Crippen molar-refractivity contribution in [3.63, 3.8) is 0 Å². The first-order valence-corrected chi connectivity index (χ1v) is 13.2. The number of likely N-dealkylation sites (tertiary alicyclic amines) is 1. The Morgan fingerprint density at radius 3 is 2.41 bits per heavy atom. The number of aromatic nitrogens is 1. The van der Waals surface area contributed by atoms with Crippen molar-refractivity contribution in [3.05, 3.63) is 94.4 Å². The zero-order valence-corrected chi connectivity index (χ0v) is 21.7. The maximum absolute atomic E-state index is 14.3. The lowest BCUT2D eigenvalue weighted by molar-refractivity contribution is -0.144. The minimum Gasteiger partial charge on any atom is -0.497 e. The van der Waals surface area contributed by atoms with Crippen LogP contribution in [-0.2, 0) is 22.6 Å². The molecule has 2 bridgehead atoms. The minimum absolute atomic E-state index is 0.00507. The first-order valence-electron chi connectivity index (χ1n) is 13.2. The molecule has 39 heavy (non-hydrogen) atoms. The number of hydrogen-bond acceptors (Lipinski definition) is 6. The van der Waals surface area contributed by atoms with Gasteiger partial charge in [-0.2, -0.15) is 0 Å². The highest BCUT2D eigenvalue weighted by Gasteiger charge is 2.55. The van der Waals surface area contributed by atoms with Gasteiger partial charge >= 0.3 is 6.03 Å². The maximum Gasteiger partial charge on any atom is 0.335 e. The van der Waals surface area contributed by atoms with Crippen LogP contribution < -0.4 is 20.5 Å². The van der Waals surface area contributed by atoms with Crippen molar-refractivity contribution in [1.82, 2.24) is 14.8 Å². The molecule has 3 aromatic rings. The molecule has 4 amide bonds. The van der Waals surface area contributed by atoms with Crippen molar-refractivity contribution in [2.24, 2.45) is 11.3 Å². The van der Waals surface area contributed by atoms with Gasteiger partial charge in [-0.15, -0.1) is 0 Å². The summed E-state index contributed by atoms with van der Waals surface area (Å²) in [6.45, 7) is 2.04. The van der Waals surface area contributed by atoms with Gasteiger partial charge in [0.05, 0.1) is 12.8 Å². The second-order valence-electron chi connectivity index (χ2n) is 10.7. The number of carbonyl (C=O) groups is 3. The van der Waals surface area contributed by atoms with Gasteiger partial charge in [-0.05, 0) is 54.7 Å². The van der Waals surface area contributed by atoms with Crippen LogP contribution >= 0.6 is 0 Å². The third-order valence-electron chi connectivity index (χ3n) is 8.20. The van der Waals surface area contributed by atoms with Gasteiger partial charge < -0.3 is 14.2 Å². The van der Waals surface area contributed by atoms with E-state index in [1.54, 1.807) is 61.7 Å². The average Bonchev–Trinajstić information content (AvgIpc) is 2.93. The third kappa shape index (κ3) is 4.42. The average molecular weight is 527 g/mol. The molecule has 4 heterocycles. The molecule has 0 unspecified atom stereocenters. The van der Waals surface area contributed by atoms with Gasteiger partial charge in [0.2, 0.25) is 5.91 Å². The second-order valence-corrected chi connectivity index (χ2v) is 10.7. The van der Waals surface area contributed by atoms with Crippen LogP contribution in [0.2, 0.25) is 0 Å². The normalized spacial score (nSPS) is 24.7. The van der Waals surface area contributed by atoms with Crippen LogP contribution in [0.25, 0.3) is 0 Å². The lowest BCUT2D eigenvalue weighted by Crippen LogP contribution is -2.68. The Bertz CT molecular complexity index is 1490. The molecular formula is C30H30N4O5. The van der Waals surface area contributed by atoms with Gasteiger partial charge in [0.25, 0.3) is 11.5 Å². The number of hydrogen-bond donors (Lipinski definition) is 1. The Balaban J connectivity index is 1.37. The van der Waals surface area contributed by atoms with Gasteiger partial charge in [0.1, 0.15) is 11.2 Å². The number of piperidine rings is 1. The summed E-state index contributed by atoms with van der Waals surface area (Å²) in [6, 6.07) is 20.6. The van der Waals surface area contributed by atoms with Crippen molar-refractivity contribution in [2.45, 2.75) is 25.3 Å². The molecule has 0 radical (unpaired) electrons. The van der Waals surface area contributed by atoms with Crippen LogP contribution in [0, 0.1) is 11.3 Å². The zero-order valence-electron chi connectivity index (χ0n) is 21.7. The fraction of sp³-hybridized carbons (Fsp3) is 0.333. The van der Waals surface area contributed by atoms with Crippen molar-refractivity contribution in [3.8, 4) is 5.75 Å². The molecule has 3 aliphatic heterocycles. The number of nitrogens with one attached hydrogen (secondary N) is 1. The number of urea groups is 1. The standard InChI is InChI=1S/C30H30N4O5/c1-39-24-12-10-20(11-13-24)15-30(27(36)31-29(38)34(28(30)37)23-6-3-2-4-7-23)19-32-16-21-14-22(18-32)25-8-5-9-26(35)33(25)17-21/h2-13,21-22H,14-19H2,1H3,(H,31,36,38)/t21-,22+,30+/m1/s1. The third-order valence-corrected chi connectivity index (χ3v) is 8.20. The SMILES string of the molecule is COc1ccc(C[C@]2(CN3C[C@H]4C[C@@H](C3)c3cccc(=O)n3C4)C(=O)NC(=O)N(c3ccccc3)C2=O)cc1. The van der Waals surface area contributed by atoms with Crippen LogP contribution in [0.15, 0.2) is 77.6 Å². The molecule has 2 aromatic carbocycles. The largest absolute Gasteiger partial charge is 0.497 e. The van der Waals surface area contributed by atoms with Gasteiger partial charge in [0, 0.05) is 43.9 Å². The van der Waals surface area contributed by atoms with Gasteiger partial charge in [0.15, 0.2) is 0 Å². The van der Waals surface area contributed by atoms with Gasteiger partial charge in [-0.3, -0.25) is 19.7 Å². The number of ether oxygens (including phenoxy) is 1. The van der Waals surface area contributed by atoms with Gasteiger partial charge in [-0.25, -0.2) is 9.69 Å². The second kappa shape index (κ2) is 9.81. The number of para-hydroxylation sites is 1. The Hall–Kier alpha value is -4.24. The lowest BCUT2D eigenvalue weighted by atomic mass is 9.75. The predicted octanol–water partition coefficient (Wildman–Crippen LogP) is 2.79. The molecule has 0 aliphatic carbocycles. The van der Waals surface area contributed by atoms with Crippen LogP contribution in [-0.4, -0.2) is 54.1 Å². The van der Waals surface area contributed by atoms with E-state index in [4.69, 9.17) is 4.74 Å². The Morgan fingerprint density at radius 2 is 1.67 bits per heavy atom. The number of pyridine rings is 1. The Kier molecular flexibility index (Phi) is 6.31. The molecular weight excluding hydrogens is 496 g/mol. The number of amides is 4. The highest BCUT2D eigenvalue weighted by Crippen LogP contribution is 2.39. The van der Waals surface area contributed by atoms with Gasteiger partial charge in [-0.1, -0.05) is 36.4 Å². The number of benzene rings is 2. The molecule has 9 heteroatoms. The predicted molar refractivity (Wildman–Crippen MR) is 145 cm³/mol. The van der Waals surface area contributed by atoms with E-state index in [2.05, 4.69) is 10.2 Å². The van der Waals surface area contributed by atoms with E-state index in [1.165, 1.54) is 0 Å². The molecule has 2 saturated heterocycles. The fourth-order valence-corrected chi connectivity index (χ4v) is 6.44. The number of nitrogens with zero attached hydrogens (tertiary/aromatic N) is 3. The Morgan fingerprint density at radius 1 is 0.897 bits per heavy atom. The molecule has 200 valence electrons. The van der Waals surface area contributed by atoms with Crippen LogP contribution in [0.1, 0.15) is 23.6 Å². The Labute approximate surface area is 226 Å². The topological polar surface area (TPSA) is 101 Å². The van der Waals surface area contributed by atoms with Crippen molar-refractivity contribution in [2.75, 3.05) is 31.6 Å². The van der Waals surface area contributed by atoms with E-state index in [-0.39, 0.29) is 30.4 Å². The number of carbonyl (C=O) groups excluding carboxylic acids is 3.